The minimum Gasteiger partial charge on any atom is -0.358 e. The lowest BCUT2D eigenvalue weighted by Gasteiger charge is -2.39. The Morgan fingerprint density at radius 3 is 2.71 bits per heavy atom. The Morgan fingerprint density at radius 2 is 1.93 bits per heavy atom. The molecule has 3 nitrogen and oxygen atoms in total. The van der Waals surface area contributed by atoms with Crippen molar-refractivity contribution in [2.45, 2.75) is 32.6 Å². The Balaban J connectivity index is 1.81. The number of carbonyl (C=O) groups excluding carboxylic acids is 1. The minimum absolute atomic E-state index is 0.0427. The van der Waals surface area contributed by atoms with Crippen LogP contribution in [0.4, 0.5) is 10.7 Å². The van der Waals surface area contributed by atoms with Crippen molar-refractivity contribution < 1.29 is 4.79 Å². The van der Waals surface area contributed by atoms with Gasteiger partial charge in [-0.3, -0.25) is 4.79 Å². The van der Waals surface area contributed by atoms with E-state index in [-0.39, 0.29) is 17.1 Å². The third-order valence-corrected chi connectivity index (χ3v) is 6.80. The molecule has 0 amide bonds. The van der Waals surface area contributed by atoms with Gasteiger partial charge in [-0.25, -0.2) is 4.85 Å². The summed E-state index contributed by atoms with van der Waals surface area (Å²) in [6, 6.07) is 16.5. The van der Waals surface area contributed by atoms with E-state index in [0.29, 0.717) is 11.4 Å². The van der Waals surface area contributed by atoms with Crippen LogP contribution in [0.3, 0.4) is 0 Å². The summed E-state index contributed by atoms with van der Waals surface area (Å²) >= 11 is 1.50. The second kappa shape index (κ2) is 6.05. The summed E-state index contributed by atoms with van der Waals surface area (Å²) in [5.74, 6) is 0.113. The van der Waals surface area contributed by atoms with Crippen LogP contribution in [0.15, 0.2) is 59.8 Å². The molecule has 0 bridgehead atoms. The molecule has 1 aliphatic carbocycles. The number of Topliss-reactive ketones (excluding diaryl/α,β-unsaturated/α-hetero) is 1. The van der Waals surface area contributed by atoms with Crippen molar-refractivity contribution in [2.75, 3.05) is 5.32 Å². The highest BCUT2D eigenvalue weighted by Crippen LogP contribution is 2.52. The van der Waals surface area contributed by atoms with E-state index in [9.17, 15) is 4.79 Å². The number of nitrogens with one attached hydrogen (secondary N) is 1. The van der Waals surface area contributed by atoms with Gasteiger partial charge < -0.3 is 5.32 Å². The molecule has 1 atom stereocenters. The number of fused-ring (bicyclic) bond motifs is 3. The monoisotopic (exact) mass is 384 g/mol. The molecule has 1 aromatic heterocycles. The maximum atomic E-state index is 13.3. The van der Waals surface area contributed by atoms with Crippen molar-refractivity contribution in [1.29, 1.82) is 0 Å². The van der Waals surface area contributed by atoms with Crippen LogP contribution in [0.5, 0.6) is 0 Å². The Labute approximate surface area is 168 Å². The lowest BCUT2D eigenvalue weighted by molar-refractivity contribution is -0.118. The molecule has 1 unspecified atom stereocenters. The zero-order valence-corrected chi connectivity index (χ0v) is 16.7. The van der Waals surface area contributed by atoms with Crippen LogP contribution in [0.1, 0.15) is 43.0 Å². The third-order valence-electron chi connectivity index (χ3n) is 5.76. The second-order valence-electron chi connectivity index (χ2n) is 8.43. The molecule has 2 aromatic carbocycles. The Hall–Kier alpha value is -2.90. The molecule has 0 radical (unpaired) electrons. The fourth-order valence-electron chi connectivity index (χ4n) is 4.65. The van der Waals surface area contributed by atoms with E-state index < -0.39 is 0 Å². The van der Waals surface area contributed by atoms with Crippen LogP contribution in [-0.4, -0.2) is 5.78 Å². The van der Waals surface area contributed by atoms with Gasteiger partial charge in [0.05, 0.1) is 6.57 Å². The predicted octanol–water partition coefficient (Wildman–Crippen LogP) is 6.65. The second-order valence-corrected chi connectivity index (χ2v) is 9.52. The molecule has 1 aliphatic heterocycles. The van der Waals surface area contributed by atoms with E-state index in [0.717, 1.165) is 33.8 Å². The number of benzene rings is 2. The molecule has 28 heavy (non-hydrogen) atoms. The maximum absolute atomic E-state index is 13.3. The Kier molecular flexibility index (Phi) is 3.72. The first-order valence-electron chi connectivity index (χ1n) is 9.49. The molecule has 0 fully saturated rings. The number of anilines is 1. The third kappa shape index (κ3) is 2.58. The molecular weight excluding hydrogens is 364 g/mol. The van der Waals surface area contributed by atoms with Crippen molar-refractivity contribution >= 4 is 38.6 Å². The van der Waals surface area contributed by atoms with E-state index in [1.54, 1.807) is 0 Å². The van der Waals surface area contributed by atoms with Crippen molar-refractivity contribution in [3.8, 4) is 0 Å². The van der Waals surface area contributed by atoms with Crippen molar-refractivity contribution in [3.63, 3.8) is 0 Å². The number of thiophene rings is 1. The molecule has 0 saturated carbocycles. The van der Waals surface area contributed by atoms with Crippen LogP contribution in [0.25, 0.3) is 15.6 Å². The lowest BCUT2D eigenvalue weighted by Crippen LogP contribution is -2.33. The number of hydrogen-bond acceptors (Lipinski definition) is 3. The number of rotatable bonds is 1. The van der Waals surface area contributed by atoms with E-state index in [2.05, 4.69) is 48.3 Å². The molecular formula is C24H20N2OS. The van der Waals surface area contributed by atoms with Gasteiger partial charge in [0.25, 0.3) is 0 Å². The highest BCUT2D eigenvalue weighted by molar-refractivity contribution is 7.16. The van der Waals surface area contributed by atoms with Crippen molar-refractivity contribution in [3.05, 3.63) is 81.7 Å². The minimum atomic E-state index is -0.110. The van der Waals surface area contributed by atoms with Crippen molar-refractivity contribution in [2.24, 2.45) is 5.41 Å². The summed E-state index contributed by atoms with van der Waals surface area (Å²) in [6.07, 6.45) is 1.42. The first kappa shape index (κ1) is 17.2. The van der Waals surface area contributed by atoms with E-state index in [1.807, 2.05) is 24.3 Å². The number of nitrogens with zero attached hydrogens (tertiary/aromatic N) is 1. The first-order valence-corrected chi connectivity index (χ1v) is 10.3. The smallest absolute Gasteiger partial charge is 0.241 e. The molecule has 0 saturated heterocycles. The summed E-state index contributed by atoms with van der Waals surface area (Å²) in [5, 5.41) is 6.60. The van der Waals surface area contributed by atoms with Gasteiger partial charge in [0.2, 0.25) is 5.00 Å². The highest BCUT2D eigenvalue weighted by Gasteiger charge is 2.41. The van der Waals surface area contributed by atoms with Gasteiger partial charge in [-0.2, -0.15) is 11.3 Å². The summed E-state index contributed by atoms with van der Waals surface area (Å²) in [5.41, 5.74) is 4.13. The summed E-state index contributed by atoms with van der Waals surface area (Å²) in [7, 11) is 0. The standard InChI is InChI=1S/C24H20N2OS/c1-24(2)12-17-22(18(27)13-24)23(19-10-11-20(25-3)28-19)21-15-7-5-4-6-14(15)8-9-16(21)26-17/h4-11,23,26H,12-13H2,1-2H3. The Bertz CT molecular complexity index is 1210. The molecule has 2 aliphatic rings. The fourth-order valence-corrected chi connectivity index (χ4v) is 5.56. The average molecular weight is 385 g/mol. The Morgan fingerprint density at radius 1 is 1.11 bits per heavy atom. The largest absolute Gasteiger partial charge is 0.358 e. The quantitative estimate of drug-likeness (QED) is 0.476. The van der Waals surface area contributed by atoms with E-state index in [1.165, 1.54) is 22.1 Å². The number of ketones is 1. The molecule has 4 heteroatoms. The maximum Gasteiger partial charge on any atom is 0.241 e. The van der Waals surface area contributed by atoms with Crippen LogP contribution >= 0.6 is 11.3 Å². The van der Waals surface area contributed by atoms with Crippen LogP contribution in [0.2, 0.25) is 0 Å². The molecule has 0 spiro atoms. The van der Waals surface area contributed by atoms with Crippen LogP contribution < -0.4 is 5.32 Å². The molecule has 5 rings (SSSR count). The first-order chi connectivity index (χ1) is 13.5. The summed E-state index contributed by atoms with van der Waals surface area (Å²) in [4.78, 5) is 18.0. The van der Waals surface area contributed by atoms with Crippen LogP contribution in [-0.2, 0) is 4.79 Å². The van der Waals surface area contributed by atoms with Crippen LogP contribution in [0, 0.1) is 12.0 Å². The predicted molar refractivity (Wildman–Crippen MR) is 115 cm³/mol. The zero-order chi connectivity index (χ0) is 19.5. The van der Waals surface area contributed by atoms with Gasteiger partial charge in [0, 0.05) is 34.2 Å². The number of carbonyl (C=O) groups is 1. The SMILES string of the molecule is [C-]#[N+]c1ccc(C2C3=C(CC(C)(C)CC3=O)Nc3ccc4ccccc4c32)s1. The molecule has 1 N–H and O–H groups in total. The molecule has 2 heterocycles. The van der Waals surface area contributed by atoms with Crippen molar-refractivity contribution in [1.82, 2.24) is 0 Å². The summed E-state index contributed by atoms with van der Waals surface area (Å²) in [6.45, 7) is 11.7. The number of hydrogen-bond donors (Lipinski definition) is 1. The van der Waals surface area contributed by atoms with Gasteiger partial charge in [0.1, 0.15) is 0 Å². The lowest BCUT2D eigenvalue weighted by atomic mass is 9.69. The normalized spacial score (nSPS) is 20.3. The van der Waals surface area contributed by atoms with Gasteiger partial charge in [-0.1, -0.05) is 50.2 Å². The average Bonchev–Trinajstić information content (AvgIpc) is 3.14. The van der Waals surface area contributed by atoms with Gasteiger partial charge in [0.15, 0.2) is 5.78 Å². The van der Waals surface area contributed by atoms with Gasteiger partial charge in [-0.05, 0) is 40.3 Å². The fraction of sp³-hybridized carbons (Fsp3) is 0.250. The topological polar surface area (TPSA) is 33.5 Å². The van der Waals surface area contributed by atoms with Gasteiger partial charge >= 0.3 is 0 Å². The molecule has 138 valence electrons. The van der Waals surface area contributed by atoms with E-state index in [4.69, 9.17) is 6.57 Å². The zero-order valence-electron chi connectivity index (χ0n) is 15.9. The summed E-state index contributed by atoms with van der Waals surface area (Å²) < 4.78 is 0. The number of allylic oxidation sites excluding steroid dienone is 2. The van der Waals surface area contributed by atoms with Gasteiger partial charge in [-0.15, -0.1) is 0 Å². The molecule has 3 aromatic rings. The highest BCUT2D eigenvalue weighted by atomic mass is 32.1. The van der Waals surface area contributed by atoms with E-state index >= 15 is 0 Å².